The lowest BCUT2D eigenvalue weighted by Gasteiger charge is -2.32. The smallest absolute Gasteiger partial charge is 0.222 e. The summed E-state index contributed by atoms with van der Waals surface area (Å²) in [5, 5.41) is 3.84. The molecule has 0 radical (unpaired) electrons. The molecule has 0 saturated carbocycles. The summed E-state index contributed by atoms with van der Waals surface area (Å²) in [5.74, 6) is 0.183. The normalized spacial score (nSPS) is 15.7. The van der Waals surface area contributed by atoms with Gasteiger partial charge in [0.05, 0.1) is 11.2 Å². The number of rotatable bonds is 4. The van der Waals surface area contributed by atoms with Gasteiger partial charge in [-0.3, -0.25) is 4.79 Å². The van der Waals surface area contributed by atoms with Crippen LogP contribution in [0.15, 0.2) is 28.9 Å². The van der Waals surface area contributed by atoms with Crippen LogP contribution in [0.2, 0.25) is 5.02 Å². The minimum atomic E-state index is -0.480. The Balaban J connectivity index is 1.65. The van der Waals surface area contributed by atoms with E-state index in [1.165, 1.54) is 12.1 Å². The van der Waals surface area contributed by atoms with Crippen LogP contribution in [0.25, 0.3) is 11.3 Å². The standard InChI is InChI=1S/C17H19ClFN3O2/c1-21-6-8-22(9-7-21)16(23)5-3-13-11-20-24-17(13)12-2-4-15(19)14(18)10-12/h2,4,10-11H,3,5-9H2,1H3. The van der Waals surface area contributed by atoms with Gasteiger partial charge in [0.25, 0.3) is 0 Å². The third kappa shape index (κ3) is 3.76. The van der Waals surface area contributed by atoms with Crippen molar-refractivity contribution in [2.24, 2.45) is 0 Å². The number of nitrogens with zero attached hydrogens (tertiary/aromatic N) is 3. The topological polar surface area (TPSA) is 49.6 Å². The highest BCUT2D eigenvalue weighted by molar-refractivity contribution is 6.31. The van der Waals surface area contributed by atoms with Crippen molar-refractivity contribution in [3.05, 3.63) is 40.8 Å². The van der Waals surface area contributed by atoms with E-state index in [1.54, 1.807) is 12.3 Å². The van der Waals surface area contributed by atoms with E-state index in [4.69, 9.17) is 16.1 Å². The number of carbonyl (C=O) groups is 1. The van der Waals surface area contributed by atoms with Crippen molar-refractivity contribution in [3.63, 3.8) is 0 Å². The molecule has 1 aliphatic rings. The first kappa shape index (κ1) is 16.9. The Morgan fingerprint density at radius 3 is 2.79 bits per heavy atom. The molecule has 128 valence electrons. The number of benzene rings is 1. The van der Waals surface area contributed by atoms with Gasteiger partial charge < -0.3 is 14.3 Å². The summed E-state index contributed by atoms with van der Waals surface area (Å²) in [6, 6.07) is 4.38. The molecule has 5 nitrogen and oxygen atoms in total. The Morgan fingerprint density at radius 1 is 1.33 bits per heavy atom. The number of hydrogen-bond donors (Lipinski definition) is 0. The van der Waals surface area contributed by atoms with Crippen LogP contribution in [0, 0.1) is 5.82 Å². The van der Waals surface area contributed by atoms with E-state index in [0.717, 1.165) is 31.7 Å². The second-order valence-electron chi connectivity index (χ2n) is 5.99. The van der Waals surface area contributed by atoms with Crippen molar-refractivity contribution in [1.82, 2.24) is 15.0 Å². The third-order valence-corrected chi connectivity index (χ3v) is 4.58. The molecule has 1 fully saturated rings. The Labute approximate surface area is 145 Å². The van der Waals surface area contributed by atoms with Crippen LogP contribution in [0.5, 0.6) is 0 Å². The summed E-state index contributed by atoms with van der Waals surface area (Å²) >= 11 is 5.82. The zero-order valence-electron chi connectivity index (χ0n) is 13.5. The van der Waals surface area contributed by atoms with Gasteiger partial charge in [0.2, 0.25) is 5.91 Å². The van der Waals surface area contributed by atoms with Gasteiger partial charge in [-0.1, -0.05) is 16.8 Å². The van der Waals surface area contributed by atoms with E-state index in [9.17, 15) is 9.18 Å². The maximum Gasteiger partial charge on any atom is 0.222 e. The summed E-state index contributed by atoms with van der Waals surface area (Å²) in [6.07, 6.45) is 2.52. The fourth-order valence-corrected chi connectivity index (χ4v) is 2.95. The largest absolute Gasteiger partial charge is 0.356 e. The van der Waals surface area contributed by atoms with Gasteiger partial charge in [-0.25, -0.2) is 4.39 Å². The number of halogens is 2. The summed E-state index contributed by atoms with van der Waals surface area (Å²) in [7, 11) is 2.05. The highest BCUT2D eigenvalue weighted by atomic mass is 35.5. The monoisotopic (exact) mass is 351 g/mol. The quantitative estimate of drug-likeness (QED) is 0.850. The average Bonchev–Trinajstić information content (AvgIpc) is 3.04. The number of likely N-dealkylation sites (N-methyl/N-ethyl adjacent to an activating group) is 1. The zero-order valence-corrected chi connectivity index (χ0v) is 14.2. The lowest BCUT2D eigenvalue weighted by Crippen LogP contribution is -2.47. The van der Waals surface area contributed by atoms with Crippen LogP contribution in [-0.2, 0) is 11.2 Å². The molecule has 1 aromatic heterocycles. The van der Waals surface area contributed by atoms with Gasteiger partial charge in [0.15, 0.2) is 5.76 Å². The van der Waals surface area contributed by atoms with Gasteiger partial charge in [0, 0.05) is 43.7 Å². The summed E-state index contributed by atoms with van der Waals surface area (Å²) in [5.41, 5.74) is 1.47. The molecule has 0 atom stereocenters. The van der Waals surface area contributed by atoms with Crippen LogP contribution in [0.4, 0.5) is 4.39 Å². The number of aryl methyl sites for hydroxylation is 1. The van der Waals surface area contributed by atoms with Crippen molar-refractivity contribution in [2.75, 3.05) is 33.2 Å². The minimum absolute atomic E-state index is 0.0309. The van der Waals surface area contributed by atoms with E-state index < -0.39 is 5.82 Å². The molecule has 0 aliphatic carbocycles. The van der Waals surface area contributed by atoms with Crippen molar-refractivity contribution in [2.45, 2.75) is 12.8 Å². The molecule has 3 rings (SSSR count). The van der Waals surface area contributed by atoms with Crippen LogP contribution < -0.4 is 0 Å². The molecule has 0 bridgehead atoms. The number of aromatic nitrogens is 1. The molecule has 1 aliphatic heterocycles. The number of amides is 1. The van der Waals surface area contributed by atoms with E-state index in [1.807, 2.05) is 4.90 Å². The first-order valence-electron chi connectivity index (χ1n) is 7.90. The molecule has 2 aromatic rings. The van der Waals surface area contributed by atoms with Crippen molar-refractivity contribution in [1.29, 1.82) is 0 Å². The molecule has 2 heterocycles. The van der Waals surface area contributed by atoms with Gasteiger partial charge in [-0.05, 0) is 31.7 Å². The van der Waals surface area contributed by atoms with Gasteiger partial charge in [-0.15, -0.1) is 0 Å². The Hall–Kier alpha value is -1.92. The van der Waals surface area contributed by atoms with Gasteiger partial charge >= 0.3 is 0 Å². The molecule has 1 amide bonds. The molecular formula is C17H19ClFN3O2. The molecule has 1 aromatic carbocycles. The SMILES string of the molecule is CN1CCN(C(=O)CCc2cnoc2-c2ccc(F)c(Cl)c2)CC1. The first-order valence-corrected chi connectivity index (χ1v) is 8.27. The predicted molar refractivity (Wildman–Crippen MR) is 89.3 cm³/mol. The van der Waals surface area contributed by atoms with E-state index in [-0.39, 0.29) is 10.9 Å². The first-order chi connectivity index (χ1) is 11.5. The minimum Gasteiger partial charge on any atom is -0.356 e. The molecule has 7 heteroatoms. The molecule has 0 N–H and O–H groups in total. The third-order valence-electron chi connectivity index (χ3n) is 4.29. The number of carbonyl (C=O) groups excluding carboxylic acids is 1. The van der Waals surface area contributed by atoms with Crippen molar-refractivity contribution < 1.29 is 13.7 Å². The van der Waals surface area contributed by atoms with Crippen LogP contribution in [-0.4, -0.2) is 54.1 Å². The number of hydrogen-bond acceptors (Lipinski definition) is 4. The molecule has 0 unspecified atom stereocenters. The summed E-state index contributed by atoms with van der Waals surface area (Å²) in [6.45, 7) is 3.33. The lowest BCUT2D eigenvalue weighted by molar-refractivity contribution is -0.132. The summed E-state index contributed by atoms with van der Waals surface area (Å²) < 4.78 is 18.6. The number of piperazine rings is 1. The van der Waals surface area contributed by atoms with Gasteiger partial charge in [0.1, 0.15) is 5.82 Å². The van der Waals surface area contributed by atoms with Crippen LogP contribution in [0.1, 0.15) is 12.0 Å². The lowest BCUT2D eigenvalue weighted by atomic mass is 10.0. The van der Waals surface area contributed by atoms with Crippen LogP contribution in [0.3, 0.4) is 0 Å². The van der Waals surface area contributed by atoms with Gasteiger partial charge in [-0.2, -0.15) is 0 Å². The van der Waals surface area contributed by atoms with E-state index >= 15 is 0 Å². The molecule has 1 saturated heterocycles. The highest BCUT2D eigenvalue weighted by Gasteiger charge is 2.20. The predicted octanol–water partition coefficient (Wildman–Crippen LogP) is 2.84. The van der Waals surface area contributed by atoms with Crippen LogP contribution >= 0.6 is 11.6 Å². The average molecular weight is 352 g/mol. The molecular weight excluding hydrogens is 333 g/mol. The fraction of sp³-hybridized carbons (Fsp3) is 0.412. The Bertz CT molecular complexity index is 726. The van der Waals surface area contributed by atoms with E-state index in [2.05, 4.69) is 17.1 Å². The second-order valence-corrected chi connectivity index (χ2v) is 6.40. The molecule has 0 spiro atoms. The fourth-order valence-electron chi connectivity index (χ4n) is 2.77. The maximum absolute atomic E-state index is 13.3. The highest BCUT2D eigenvalue weighted by Crippen LogP contribution is 2.28. The van der Waals surface area contributed by atoms with Crippen molar-refractivity contribution >= 4 is 17.5 Å². The van der Waals surface area contributed by atoms with E-state index in [0.29, 0.717) is 24.2 Å². The molecule has 24 heavy (non-hydrogen) atoms. The zero-order chi connectivity index (χ0) is 17.1. The Kier molecular flexibility index (Phi) is 5.16. The Morgan fingerprint density at radius 2 is 2.08 bits per heavy atom. The maximum atomic E-state index is 13.3. The summed E-state index contributed by atoms with van der Waals surface area (Å²) in [4.78, 5) is 16.4. The van der Waals surface area contributed by atoms with Crippen molar-refractivity contribution in [3.8, 4) is 11.3 Å². The second kappa shape index (κ2) is 7.32.